The van der Waals surface area contributed by atoms with Gasteiger partial charge in [-0.15, -0.1) is 11.8 Å². The summed E-state index contributed by atoms with van der Waals surface area (Å²) in [6.07, 6.45) is 0. The van der Waals surface area contributed by atoms with Gasteiger partial charge < -0.3 is 9.64 Å². The van der Waals surface area contributed by atoms with Gasteiger partial charge in [0.2, 0.25) is 0 Å². The molecule has 1 aromatic rings. The van der Waals surface area contributed by atoms with E-state index < -0.39 is 0 Å². The number of methoxy groups -OCH3 is 1. The van der Waals surface area contributed by atoms with Crippen molar-refractivity contribution in [2.45, 2.75) is 18.7 Å². The van der Waals surface area contributed by atoms with Gasteiger partial charge in [0.15, 0.2) is 0 Å². The molecule has 0 heterocycles. The first kappa shape index (κ1) is 14.9. The molecule has 0 saturated heterocycles. The summed E-state index contributed by atoms with van der Waals surface area (Å²) in [5.41, 5.74) is 0.723. The Balaban J connectivity index is 2.63. The topological polar surface area (TPSA) is 36.3 Å². The van der Waals surface area contributed by atoms with E-state index in [1.807, 2.05) is 18.2 Å². The molecule has 0 amide bonds. The first-order chi connectivity index (χ1) is 8.74. The molecule has 1 rings (SSSR count). The van der Waals surface area contributed by atoms with Crippen LogP contribution in [0, 0.1) is 11.3 Å². The Labute approximate surface area is 114 Å². The van der Waals surface area contributed by atoms with E-state index in [0.29, 0.717) is 0 Å². The Kier molecular flexibility index (Phi) is 6.63. The smallest absolute Gasteiger partial charge is 0.120 e. The molecular weight excluding hydrogens is 244 g/mol. The lowest BCUT2D eigenvalue weighted by Crippen LogP contribution is -2.25. The predicted octanol–water partition coefficient (Wildman–Crippen LogP) is 3.00. The van der Waals surface area contributed by atoms with Crippen molar-refractivity contribution in [2.24, 2.45) is 0 Å². The molecule has 0 unspecified atom stereocenters. The minimum atomic E-state index is 0.723. The minimum absolute atomic E-state index is 0.723. The molecule has 18 heavy (non-hydrogen) atoms. The van der Waals surface area contributed by atoms with Gasteiger partial charge in [-0.1, -0.05) is 13.8 Å². The molecule has 0 aliphatic heterocycles. The summed E-state index contributed by atoms with van der Waals surface area (Å²) in [6, 6.07) is 7.80. The zero-order valence-electron chi connectivity index (χ0n) is 11.3. The van der Waals surface area contributed by atoms with Crippen LogP contribution in [0.2, 0.25) is 0 Å². The molecule has 0 bridgehead atoms. The number of nitriles is 1. The zero-order valence-corrected chi connectivity index (χ0v) is 12.1. The maximum absolute atomic E-state index is 9.07. The molecule has 0 fully saturated rings. The van der Waals surface area contributed by atoms with Crippen LogP contribution in [-0.4, -0.2) is 37.4 Å². The fraction of sp³-hybridized carbons (Fsp3) is 0.500. The third kappa shape index (κ3) is 4.25. The highest BCUT2D eigenvalue weighted by molar-refractivity contribution is 7.99. The Morgan fingerprint density at radius 2 is 2.06 bits per heavy atom. The number of hydrogen-bond acceptors (Lipinski definition) is 4. The summed E-state index contributed by atoms with van der Waals surface area (Å²) in [6.45, 7) is 7.52. The molecule has 4 heteroatoms. The number of benzene rings is 1. The number of hydrogen-bond donors (Lipinski definition) is 0. The number of nitrogens with zero attached hydrogens (tertiary/aromatic N) is 2. The average molecular weight is 264 g/mol. The molecule has 0 aliphatic carbocycles. The first-order valence-corrected chi connectivity index (χ1v) is 7.17. The standard InChI is InChI=1S/C14H20N2OS/c1-4-16(5-2)8-9-18-14-10-13(17-3)7-6-12(14)11-15/h6-7,10H,4-5,8-9H2,1-3H3. The quantitative estimate of drug-likeness (QED) is 0.709. The van der Waals surface area contributed by atoms with Gasteiger partial charge in [-0.25, -0.2) is 0 Å². The fourth-order valence-electron chi connectivity index (χ4n) is 1.67. The molecule has 98 valence electrons. The SMILES string of the molecule is CCN(CC)CCSc1cc(OC)ccc1C#N. The Morgan fingerprint density at radius 1 is 1.33 bits per heavy atom. The van der Waals surface area contributed by atoms with Crippen LogP contribution in [-0.2, 0) is 0 Å². The number of ether oxygens (including phenoxy) is 1. The third-order valence-electron chi connectivity index (χ3n) is 2.87. The normalized spacial score (nSPS) is 10.4. The second-order valence-corrected chi connectivity index (χ2v) is 4.99. The van der Waals surface area contributed by atoms with Gasteiger partial charge in [0.25, 0.3) is 0 Å². The van der Waals surface area contributed by atoms with E-state index >= 15 is 0 Å². The van der Waals surface area contributed by atoms with Gasteiger partial charge in [0.1, 0.15) is 11.8 Å². The van der Waals surface area contributed by atoms with E-state index in [0.717, 1.165) is 41.6 Å². The van der Waals surface area contributed by atoms with Crippen LogP contribution >= 0.6 is 11.8 Å². The molecule has 0 atom stereocenters. The van der Waals surface area contributed by atoms with E-state index in [4.69, 9.17) is 10.00 Å². The van der Waals surface area contributed by atoms with Crippen molar-refractivity contribution >= 4 is 11.8 Å². The zero-order chi connectivity index (χ0) is 13.4. The molecule has 0 radical (unpaired) electrons. The second-order valence-electron chi connectivity index (χ2n) is 3.85. The van der Waals surface area contributed by atoms with Crippen molar-refractivity contribution in [3.05, 3.63) is 23.8 Å². The maximum atomic E-state index is 9.07. The van der Waals surface area contributed by atoms with Gasteiger partial charge in [-0.05, 0) is 31.3 Å². The summed E-state index contributed by atoms with van der Waals surface area (Å²) in [5.74, 6) is 1.79. The minimum Gasteiger partial charge on any atom is -0.497 e. The van der Waals surface area contributed by atoms with Crippen molar-refractivity contribution in [2.75, 3.05) is 32.5 Å². The summed E-state index contributed by atoms with van der Waals surface area (Å²) in [7, 11) is 1.64. The molecule has 0 aromatic heterocycles. The molecular formula is C14H20N2OS. The van der Waals surface area contributed by atoms with Crippen molar-refractivity contribution in [1.82, 2.24) is 4.90 Å². The molecule has 0 spiro atoms. The summed E-state index contributed by atoms with van der Waals surface area (Å²) in [5, 5.41) is 9.07. The lowest BCUT2D eigenvalue weighted by Gasteiger charge is -2.17. The Hall–Kier alpha value is -1.18. The predicted molar refractivity (Wildman–Crippen MR) is 76.2 cm³/mol. The molecule has 0 N–H and O–H groups in total. The van der Waals surface area contributed by atoms with Gasteiger partial charge >= 0.3 is 0 Å². The molecule has 0 aliphatic rings. The number of rotatable bonds is 7. The fourth-order valence-corrected chi connectivity index (χ4v) is 2.70. The van der Waals surface area contributed by atoms with Crippen LogP contribution < -0.4 is 4.74 Å². The highest BCUT2D eigenvalue weighted by Gasteiger charge is 2.06. The monoisotopic (exact) mass is 264 g/mol. The second kappa shape index (κ2) is 8.02. The lowest BCUT2D eigenvalue weighted by atomic mass is 10.2. The summed E-state index contributed by atoms with van der Waals surface area (Å²) in [4.78, 5) is 3.38. The first-order valence-electron chi connectivity index (χ1n) is 6.18. The lowest BCUT2D eigenvalue weighted by molar-refractivity contribution is 0.324. The highest BCUT2D eigenvalue weighted by atomic mass is 32.2. The number of thioether (sulfide) groups is 1. The summed E-state index contributed by atoms with van der Waals surface area (Å²) < 4.78 is 5.19. The van der Waals surface area contributed by atoms with E-state index in [1.165, 1.54) is 0 Å². The van der Waals surface area contributed by atoms with E-state index in [9.17, 15) is 0 Å². The van der Waals surface area contributed by atoms with Crippen LogP contribution in [0.5, 0.6) is 5.75 Å². The van der Waals surface area contributed by atoms with Crippen LogP contribution in [0.15, 0.2) is 23.1 Å². The van der Waals surface area contributed by atoms with Gasteiger partial charge in [-0.3, -0.25) is 0 Å². The van der Waals surface area contributed by atoms with Crippen molar-refractivity contribution in [1.29, 1.82) is 5.26 Å². The molecule has 3 nitrogen and oxygen atoms in total. The van der Waals surface area contributed by atoms with Crippen molar-refractivity contribution < 1.29 is 4.74 Å². The van der Waals surface area contributed by atoms with Gasteiger partial charge in [-0.2, -0.15) is 5.26 Å². The van der Waals surface area contributed by atoms with Crippen LogP contribution in [0.1, 0.15) is 19.4 Å². The van der Waals surface area contributed by atoms with E-state index in [-0.39, 0.29) is 0 Å². The maximum Gasteiger partial charge on any atom is 0.120 e. The Morgan fingerprint density at radius 3 is 2.61 bits per heavy atom. The third-order valence-corrected chi connectivity index (χ3v) is 3.90. The van der Waals surface area contributed by atoms with Crippen molar-refractivity contribution in [3.8, 4) is 11.8 Å². The van der Waals surface area contributed by atoms with E-state index in [1.54, 1.807) is 18.9 Å². The highest BCUT2D eigenvalue weighted by Crippen LogP contribution is 2.26. The van der Waals surface area contributed by atoms with E-state index in [2.05, 4.69) is 24.8 Å². The van der Waals surface area contributed by atoms with Gasteiger partial charge in [0.05, 0.1) is 12.7 Å². The van der Waals surface area contributed by atoms with Crippen molar-refractivity contribution in [3.63, 3.8) is 0 Å². The van der Waals surface area contributed by atoms with Crippen LogP contribution in [0.3, 0.4) is 0 Å². The summed E-state index contributed by atoms with van der Waals surface area (Å²) >= 11 is 1.72. The Bertz CT molecular complexity index is 411. The molecule has 1 aromatic carbocycles. The average Bonchev–Trinajstić information content (AvgIpc) is 2.43. The molecule has 0 saturated carbocycles. The van der Waals surface area contributed by atoms with Crippen LogP contribution in [0.4, 0.5) is 0 Å². The van der Waals surface area contributed by atoms with Gasteiger partial charge in [0, 0.05) is 17.2 Å². The van der Waals surface area contributed by atoms with Crippen LogP contribution in [0.25, 0.3) is 0 Å². The largest absolute Gasteiger partial charge is 0.497 e.